The van der Waals surface area contributed by atoms with Crippen molar-refractivity contribution in [3.8, 4) is 0 Å². The fraction of sp³-hybridized carbons (Fsp3) is 0.273. The number of aryl methyl sites for hydroxylation is 2. The molecular weight excluding hydrogens is 354 g/mol. The Kier molecular flexibility index (Phi) is 5.68. The van der Waals surface area contributed by atoms with Crippen LogP contribution in [0.1, 0.15) is 56.5 Å². The average Bonchev–Trinajstić information content (AvgIpc) is 3.00. The summed E-state index contributed by atoms with van der Waals surface area (Å²) in [7, 11) is 0. The monoisotopic (exact) mass is 377 g/mol. The molecule has 144 valence electrons. The summed E-state index contributed by atoms with van der Waals surface area (Å²) in [6.45, 7) is 7.42. The van der Waals surface area contributed by atoms with E-state index in [1.807, 2.05) is 38.1 Å². The number of rotatable bonds is 6. The minimum atomic E-state index is -0.660. The van der Waals surface area contributed by atoms with E-state index in [0.717, 1.165) is 17.0 Å². The zero-order valence-corrected chi connectivity index (χ0v) is 16.5. The number of nitrogens with zero attached hydrogens (tertiary/aromatic N) is 3. The summed E-state index contributed by atoms with van der Waals surface area (Å²) in [5.41, 5.74) is 4.34. The Balaban J connectivity index is 1.74. The number of hydrogen-bond donors (Lipinski definition) is 0. The summed E-state index contributed by atoms with van der Waals surface area (Å²) in [6, 6.07) is 12.0. The van der Waals surface area contributed by atoms with Gasteiger partial charge in [-0.15, -0.1) is 0 Å². The smallest absolute Gasteiger partial charge is 0.358 e. The largest absolute Gasteiger partial charge is 0.453 e. The molecule has 0 bridgehead atoms. The zero-order chi connectivity index (χ0) is 20.3. The summed E-state index contributed by atoms with van der Waals surface area (Å²) in [5.74, 6) is -0.902. The summed E-state index contributed by atoms with van der Waals surface area (Å²) in [6.07, 6.45) is 2.83. The number of esters is 1. The van der Waals surface area contributed by atoms with Crippen molar-refractivity contribution in [3.63, 3.8) is 0 Å². The van der Waals surface area contributed by atoms with Gasteiger partial charge in [-0.3, -0.25) is 9.78 Å². The van der Waals surface area contributed by atoms with Crippen molar-refractivity contribution in [2.75, 3.05) is 6.61 Å². The molecule has 6 nitrogen and oxygen atoms in total. The van der Waals surface area contributed by atoms with E-state index in [0.29, 0.717) is 11.3 Å². The third kappa shape index (κ3) is 4.01. The van der Waals surface area contributed by atoms with E-state index in [9.17, 15) is 9.59 Å². The first-order valence-electron chi connectivity index (χ1n) is 9.11. The number of benzene rings is 1. The second-order valence-electron chi connectivity index (χ2n) is 6.78. The highest BCUT2D eigenvalue weighted by atomic mass is 16.5. The fourth-order valence-corrected chi connectivity index (χ4v) is 3.32. The number of carbonyl (C=O) groups excluding carboxylic acids is 2. The van der Waals surface area contributed by atoms with Crippen molar-refractivity contribution < 1.29 is 14.3 Å². The molecule has 1 atom stereocenters. The SMILES string of the molecule is Cc1cnc(C(=O)OCC(=O)c2cc(C)n([C@@H](C)c3ccccc3)c2C)cn1. The van der Waals surface area contributed by atoms with Crippen LogP contribution in [-0.2, 0) is 4.74 Å². The van der Waals surface area contributed by atoms with Gasteiger partial charge in [-0.2, -0.15) is 0 Å². The van der Waals surface area contributed by atoms with Crippen molar-refractivity contribution in [2.24, 2.45) is 0 Å². The molecule has 0 aliphatic rings. The fourth-order valence-electron chi connectivity index (χ4n) is 3.32. The summed E-state index contributed by atoms with van der Waals surface area (Å²) < 4.78 is 7.25. The van der Waals surface area contributed by atoms with Crippen LogP contribution in [0.15, 0.2) is 48.8 Å². The highest BCUT2D eigenvalue weighted by Crippen LogP contribution is 2.25. The Labute approximate surface area is 164 Å². The third-order valence-electron chi connectivity index (χ3n) is 4.78. The molecule has 0 aliphatic heterocycles. The molecule has 6 heteroatoms. The maximum Gasteiger partial charge on any atom is 0.358 e. The van der Waals surface area contributed by atoms with Crippen molar-refractivity contribution in [1.82, 2.24) is 14.5 Å². The molecule has 0 radical (unpaired) electrons. The molecule has 2 heterocycles. The lowest BCUT2D eigenvalue weighted by Gasteiger charge is -2.19. The third-order valence-corrected chi connectivity index (χ3v) is 4.78. The Hall–Kier alpha value is -3.28. The van der Waals surface area contributed by atoms with Crippen molar-refractivity contribution in [1.29, 1.82) is 0 Å². The first-order chi connectivity index (χ1) is 13.4. The molecule has 1 aromatic carbocycles. The summed E-state index contributed by atoms with van der Waals surface area (Å²) >= 11 is 0. The van der Waals surface area contributed by atoms with E-state index in [1.54, 1.807) is 6.92 Å². The predicted octanol–water partition coefficient (Wildman–Crippen LogP) is 3.85. The molecule has 2 aromatic heterocycles. The van der Waals surface area contributed by atoms with Gasteiger partial charge in [-0.1, -0.05) is 30.3 Å². The first-order valence-corrected chi connectivity index (χ1v) is 9.11. The lowest BCUT2D eigenvalue weighted by Crippen LogP contribution is -2.16. The second kappa shape index (κ2) is 8.17. The van der Waals surface area contributed by atoms with Crippen LogP contribution in [0.4, 0.5) is 0 Å². The van der Waals surface area contributed by atoms with Crippen LogP contribution in [0.5, 0.6) is 0 Å². The van der Waals surface area contributed by atoms with Gasteiger partial charge in [0, 0.05) is 23.1 Å². The molecule has 3 rings (SSSR count). The van der Waals surface area contributed by atoms with E-state index in [2.05, 4.69) is 33.6 Å². The minimum Gasteiger partial charge on any atom is -0.453 e. The molecule has 28 heavy (non-hydrogen) atoms. The van der Waals surface area contributed by atoms with E-state index >= 15 is 0 Å². The molecule has 0 aliphatic carbocycles. The van der Waals surface area contributed by atoms with Crippen LogP contribution < -0.4 is 0 Å². The van der Waals surface area contributed by atoms with Gasteiger partial charge in [0.2, 0.25) is 5.78 Å². The zero-order valence-electron chi connectivity index (χ0n) is 16.5. The van der Waals surface area contributed by atoms with Crippen molar-refractivity contribution >= 4 is 11.8 Å². The number of aromatic nitrogens is 3. The van der Waals surface area contributed by atoms with Gasteiger partial charge >= 0.3 is 5.97 Å². The van der Waals surface area contributed by atoms with Crippen molar-refractivity contribution in [2.45, 2.75) is 33.7 Å². The Morgan fingerprint density at radius 2 is 1.79 bits per heavy atom. The second-order valence-corrected chi connectivity index (χ2v) is 6.78. The van der Waals surface area contributed by atoms with Crippen LogP contribution in [-0.4, -0.2) is 32.9 Å². The maximum atomic E-state index is 12.7. The predicted molar refractivity (Wildman–Crippen MR) is 106 cm³/mol. The average molecular weight is 377 g/mol. The molecule has 0 spiro atoms. The standard InChI is InChI=1S/C22H23N3O3/c1-14-11-24-20(12-23-14)22(27)28-13-21(26)19-10-15(2)25(17(19)4)16(3)18-8-6-5-7-9-18/h5-12,16H,13H2,1-4H3/t16-/m0/s1. The van der Waals surface area contributed by atoms with E-state index in [4.69, 9.17) is 4.74 Å². The van der Waals surface area contributed by atoms with Crippen LogP contribution in [0, 0.1) is 20.8 Å². The molecule has 0 fully saturated rings. The van der Waals surface area contributed by atoms with E-state index in [-0.39, 0.29) is 24.1 Å². The van der Waals surface area contributed by atoms with Crippen LogP contribution in [0.25, 0.3) is 0 Å². The molecule has 0 saturated heterocycles. The van der Waals surface area contributed by atoms with E-state index in [1.165, 1.54) is 12.4 Å². The number of ether oxygens (including phenoxy) is 1. The van der Waals surface area contributed by atoms with E-state index < -0.39 is 5.97 Å². The quantitative estimate of drug-likeness (QED) is 0.482. The number of ketones is 1. The Bertz CT molecular complexity index is 992. The van der Waals surface area contributed by atoms with Gasteiger partial charge in [0.15, 0.2) is 12.3 Å². The van der Waals surface area contributed by atoms with Gasteiger partial charge in [-0.05, 0) is 39.3 Å². The van der Waals surface area contributed by atoms with Gasteiger partial charge < -0.3 is 9.30 Å². The summed E-state index contributed by atoms with van der Waals surface area (Å²) in [4.78, 5) is 32.7. The molecule has 0 amide bonds. The summed E-state index contributed by atoms with van der Waals surface area (Å²) in [5, 5.41) is 0. The van der Waals surface area contributed by atoms with Gasteiger partial charge in [-0.25, -0.2) is 9.78 Å². The number of hydrogen-bond acceptors (Lipinski definition) is 5. The van der Waals surface area contributed by atoms with Gasteiger partial charge in [0.25, 0.3) is 0 Å². The maximum absolute atomic E-state index is 12.7. The Morgan fingerprint density at radius 1 is 1.07 bits per heavy atom. The highest BCUT2D eigenvalue weighted by molar-refractivity contribution is 6.00. The van der Waals surface area contributed by atoms with Gasteiger partial charge in [0.05, 0.1) is 17.9 Å². The molecule has 0 saturated carbocycles. The molecule has 0 N–H and O–H groups in total. The normalized spacial score (nSPS) is 11.9. The van der Waals surface area contributed by atoms with Crippen LogP contribution in [0.3, 0.4) is 0 Å². The van der Waals surface area contributed by atoms with Crippen molar-refractivity contribution in [3.05, 3.63) is 82.7 Å². The Morgan fingerprint density at radius 3 is 2.43 bits per heavy atom. The van der Waals surface area contributed by atoms with Crippen LogP contribution >= 0.6 is 0 Å². The number of carbonyl (C=O) groups is 2. The number of Topliss-reactive ketones (excluding diaryl/α,β-unsaturated/α-hetero) is 1. The molecular formula is C22H23N3O3. The highest BCUT2D eigenvalue weighted by Gasteiger charge is 2.21. The lowest BCUT2D eigenvalue weighted by molar-refractivity contribution is 0.0468. The minimum absolute atomic E-state index is 0.0848. The lowest BCUT2D eigenvalue weighted by atomic mass is 10.1. The molecule has 3 aromatic rings. The van der Waals surface area contributed by atoms with Crippen LogP contribution in [0.2, 0.25) is 0 Å². The first kappa shape index (κ1) is 19.5. The molecule has 0 unspecified atom stereocenters. The van der Waals surface area contributed by atoms with Gasteiger partial charge in [0.1, 0.15) is 0 Å². The topological polar surface area (TPSA) is 74.1 Å².